The lowest BCUT2D eigenvalue weighted by molar-refractivity contribution is 0.328. The highest BCUT2D eigenvalue weighted by Crippen LogP contribution is 2.35. The SMILES string of the molecule is CCOc1ncccc1-c1cc(NC(C)c2nncn2C)c2c(n1)c(C)nn2C(C)C. The van der Waals surface area contributed by atoms with E-state index in [9.17, 15) is 0 Å². The highest BCUT2D eigenvalue weighted by Gasteiger charge is 2.21. The third-order valence-corrected chi connectivity index (χ3v) is 5.15. The van der Waals surface area contributed by atoms with Gasteiger partial charge in [0.05, 0.1) is 35.3 Å². The van der Waals surface area contributed by atoms with E-state index in [1.54, 1.807) is 12.5 Å². The maximum atomic E-state index is 5.76. The van der Waals surface area contributed by atoms with Crippen molar-refractivity contribution in [2.24, 2.45) is 7.05 Å². The third kappa shape index (κ3) is 3.83. The number of anilines is 1. The molecule has 31 heavy (non-hydrogen) atoms. The second-order valence-electron chi connectivity index (χ2n) is 7.83. The molecule has 0 radical (unpaired) electrons. The summed E-state index contributed by atoms with van der Waals surface area (Å²) in [6, 6.07) is 6.02. The summed E-state index contributed by atoms with van der Waals surface area (Å²) in [7, 11) is 1.94. The van der Waals surface area contributed by atoms with Crippen LogP contribution in [0.25, 0.3) is 22.3 Å². The van der Waals surface area contributed by atoms with E-state index in [2.05, 4.69) is 41.3 Å². The number of hydrogen-bond donors (Lipinski definition) is 1. The van der Waals surface area contributed by atoms with Crippen molar-refractivity contribution in [2.45, 2.75) is 46.7 Å². The minimum atomic E-state index is -0.0676. The fourth-order valence-electron chi connectivity index (χ4n) is 3.72. The molecule has 0 aromatic carbocycles. The number of hydrogen-bond acceptors (Lipinski definition) is 7. The van der Waals surface area contributed by atoms with Crippen LogP contribution in [0, 0.1) is 6.92 Å². The minimum absolute atomic E-state index is 0.0676. The largest absolute Gasteiger partial charge is 0.477 e. The lowest BCUT2D eigenvalue weighted by Gasteiger charge is -2.18. The number of nitrogens with one attached hydrogen (secondary N) is 1. The van der Waals surface area contributed by atoms with Crippen LogP contribution in [0.3, 0.4) is 0 Å². The van der Waals surface area contributed by atoms with Crippen molar-refractivity contribution in [3.05, 3.63) is 42.2 Å². The summed E-state index contributed by atoms with van der Waals surface area (Å²) in [6.45, 7) is 10.8. The molecule has 4 rings (SSSR count). The van der Waals surface area contributed by atoms with Gasteiger partial charge >= 0.3 is 0 Å². The predicted octanol–water partition coefficient (Wildman–Crippen LogP) is 4.08. The molecule has 0 aliphatic heterocycles. The summed E-state index contributed by atoms with van der Waals surface area (Å²) >= 11 is 0. The maximum Gasteiger partial charge on any atom is 0.222 e. The highest BCUT2D eigenvalue weighted by atomic mass is 16.5. The van der Waals surface area contributed by atoms with Crippen molar-refractivity contribution in [2.75, 3.05) is 11.9 Å². The van der Waals surface area contributed by atoms with Crippen LogP contribution in [0.5, 0.6) is 5.88 Å². The molecule has 4 heterocycles. The van der Waals surface area contributed by atoms with Gasteiger partial charge in [0.25, 0.3) is 0 Å². The molecule has 0 aliphatic carbocycles. The van der Waals surface area contributed by atoms with Crippen molar-refractivity contribution in [1.29, 1.82) is 0 Å². The summed E-state index contributed by atoms with van der Waals surface area (Å²) in [4.78, 5) is 9.36. The molecule has 0 bridgehead atoms. The second kappa shape index (κ2) is 8.33. The fourth-order valence-corrected chi connectivity index (χ4v) is 3.72. The standard InChI is InChI=1S/C22H28N8O/c1-7-31-22-16(9-8-10-23-22)17-11-18(25-15(5)21-27-24-12-29(21)6)20-19(26-17)14(4)28-30(20)13(2)3/h8-13,15H,7H2,1-6H3,(H,25,26). The van der Waals surface area contributed by atoms with Crippen LogP contribution in [0.4, 0.5) is 5.69 Å². The lowest BCUT2D eigenvalue weighted by Crippen LogP contribution is -2.14. The number of ether oxygens (including phenoxy) is 1. The minimum Gasteiger partial charge on any atom is -0.477 e. The van der Waals surface area contributed by atoms with Gasteiger partial charge in [0.2, 0.25) is 5.88 Å². The van der Waals surface area contributed by atoms with Crippen molar-refractivity contribution in [3.63, 3.8) is 0 Å². The zero-order chi connectivity index (χ0) is 22.1. The van der Waals surface area contributed by atoms with Crippen molar-refractivity contribution < 1.29 is 4.74 Å². The van der Waals surface area contributed by atoms with Gasteiger partial charge < -0.3 is 14.6 Å². The summed E-state index contributed by atoms with van der Waals surface area (Å²) in [5, 5.41) is 16.6. The van der Waals surface area contributed by atoms with E-state index >= 15 is 0 Å². The molecule has 1 atom stereocenters. The Morgan fingerprint density at radius 1 is 1.23 bits per heavy atom. The molecule has 0 fully saturated rings. The Morgan fingerprint density at radius 3 is 2.71 bits per heavy atom. The summed E-state index contributed by atoms with van der Waals surface area (Å²) < 4.78 is 9.69. The molecule has 0 saturated carbocycles. The molecule has 4 aromatic heterocycles. The highest BCUT2D eigenvalue weighted by molar-refractivity contribution is 5.93. The average Bonchev–Trinajstić information content (AvgIpc) is 3.32. The Bertz CT molecular complexity index is 1210. The van der Waals surface area contributed by atoms with Gasteiger partial charge in [0.1, 0.15) is 17.4 Å². The van der Waals surface area contributed by atoms with E-state index in [0.29, 0.717) is 12.5 Å². The van der Waals surface area contributed by atoms with E-state index in [1.165, 1.54) is 0 Å². The molecule has 0 saturated heterocycles. The van der Waals surface area contributed by atoms with Crippen LogP contribution in [0.1, 0.15) is 51.3 Å². The molecular weight excluding hydrogens is 392 g/mol. The van der Waals surface area contributed by atoms with Gasteiger partial charge in [-0.15, -0.1) is 10.2 Å². The van der Waals surface area contributed by atoms with Crippen LogP contribution in [-0.4, -0.2) is 41.1 Å². The lowest BCUT2D eigenvalue weighted by atomic mass is 10.1. The predicted molar refractivity (Wildman–Crippen MR) is 120 cm³/mol. The number of nitrogens with zero attached hydrogens (tertiary/aromatic N) is 7. The van der Waals surface area contributed by atoms with Gasteiger partial charge in [0.15, 0.2) is 5.82 Å². The quantitative estimate of drug-likeness (QED) is 0.481. The first-order valence-corrected chi connectivity index (χ1v) is 10.5. The fraction of sp³-hybridized carbons (Fsp3) is 0.409. The average molecular weight is 421 g/mol. The molecule has 0 amide bonds. The van der Waals surface area contributed by atoms with Crippen LogP contribution >= 0.6 is 0 Å². The second-order valence-corrected chi connectivity index (χ2v) is 7.83. The first kappa shape index (κ1) is 20.8. The van der Waals surface area contributed by atoms with E-state index in [4.69, 9.17) is 14.8 Å². The molecule has 4 aromatic rings. The van der Waals surface area contributed by atoms with Crippen LogP contribution in [-0.2, 0) is 7.05 Å². The third-order valence-electron chi connectivity index (χ3n) is 5.15. The van der Waals surface area contributed by atoms with Gasteiger partial charge in [0, 0.05) is 19.3 Å². The molecule has 1 unspecified atom stereocenters. The van der Waals surface area contributed by atoms with Crippen molar-refractivity contribution in [3.8, 4) is 17.1 Å². The van der Waals surface area contributed by atoms with Crippen molar-refractivity contribution >= 4 is 16.7 Å². The molecule has 9 heteroatoms. The maximum absolute atomic E-state index is 5.76. The zero-order valence-corrected chi connectivity index (χ0v) is 18.8. The Morgan fingerprint density at radius 2 is 2.03 bits per heavy atom. The summed E-state index contributed by atoms with van der Waals surface area (Å²) in [5.41, 5.74) is 5.25. The van der Waals surface area contributed by atoms with E-state index in [-0.39, 0.29) is 12.1 Å². The number of aryl methyl sites for hydroxylation is 2. The van der Waals surface area contributed by atoms with E-state index in [1.807, 2.05) is 48.3 Å². The van der Waals surface area contributed by atoms with Crippen LogP contribution in [0.15, 0.2) is 30.7 Å². The van der Waals surface area contributed by atoms with Gasteiger partial charge in [-0.1, -0.05) is 0 Å². The smallest absolute Gasteiger partial charge is 0.222 e. The first-order chi connectivity index (χ1) is 14.9. The summed E-state index contributed by atoms with van der Waals surface area (Å²) in [5.74, 6) is 1.41. The zero-order valence-electron chi connectivity index (χ0n) is 18.8. The van der Waals surface area contributed by atoms with E-state index < -0.39 is 0 Å². The Kier molecular flexibility index (Phi) is 5.58. The van der Waals surface area contributed by atoms with Gasteiger partial charge in [-0.2, -0.15) is 5.10 Å². The molecular formula is C22H28N8O. The first-order valence-electron chi connectivity index (χ1n) is 10.5. The topological polar surface area (TPSA) is 95.6 Å². The normalized spacial score (nSPS) is 12.5. The number of fused-ring (bicyclic) bond motifs is 1. The molecule has 162 valence electrons. The van der Waals surface area contributed by atoms with Crippen LogP contribution < -0.4 is 10.1 Å². The van der Waals surface area contributed by atoms with Crippen molar-refractivity contribution in [1.82, 2.24) is 34.5 Å². The van der Waals surface area contributed by atoms with Gasteiger partial charge in [-0.05, 0) is 52.8 Å². The van der Waals surface area contributed by atoms with E-state index in [0.717, 1.165) is 39.5 Å². The number of aromatic nitrogens is 7. The number of rotatable bonds is 7. The van der Waals surface area contributed by atoms with Gasteiger partial charge in [-0.3, -0.25) is 4.68 Å². The monoisotopic (exact) mass is 420 g/mol. The number of pyridine rings is 2. The Hall–Kier alpha value is -3.49. The van der Waals surface area contributed by atoms with Crippen LogP contribution in [0.2, 0.25) is 0 Å². The molecule has 1 N–H and O–H groups in total. The Balaban J connectivity index is 1.91. The molecule has 0 aliphatic rings. The molecule has 9 nitrogen and oxygen atoms in total. The Labute approximate surface area is 181 Å². The summed E-state index contributed by atoms with van der Waals surface area (Å²) in [6.07, 6.45) is 3.43. The molecule has 0 spiro atoms. The van der Waals surface area contributed by atoms with Gasteiger partial charge in [-0.25, -0.2) is 9.97 Å².